The number of piperidine rings is 1. The molecule has 1 aromatic heterocycles. The number of fused-ring (bicyclic) bond motifs is 1. The van der Waals surface area contributed by atoms with Crippen LogP contribution in [0.4, 0.5) is 5.69 Å². The summed E-state index contributed by atoms with van der Waals surface area (Å²) in [4.78, 5) is 27.4. The summed E-state index contributed by atoms with van der Waals surface area (Å²) in [6.07, 6.45) is 6.21. The van der Waals surface area contributed by atoms with Crippen molar-refractivity contribution in [1.29, 1.82) is 0 Å². The number of carbonyl (C=O) groups excluding carboxylic acids is 2. The Morgan fingerprint density at radius 1 is 1.19 bits per heavy atom. The van der Waals surface area contributed by atoms with Crippen molar-refractivity contribution in [2.24, 2.45) is 0 Å². The van der Waals surface area contributed by atoms with Gasteiger partial charge in [0.25, 0.3) is 5.91 Å². The highest BCUT2D eigenvalue weighted by Crippen LogP contribution is 2.29. The van der Waals surface area contributed by atoms with Crippen LogP contribution in [0.3, 0.4) is 0 Å². The fraction of sp³-hybridized carbons (Fsp3) is 0.450. The zero-order valence-corrected chi connectivity index (χ0v) is 15.8. The van der Waals surface area contributed by atoms with Crippen molar-refractivity contribution in [3.8, 4) is 0 Å². The van der Waals surface area contributed by atoms with Crippen molar-refractivity contribution in [3.05, 3.63) is 46.3 Å². The zero-order valence-electron chi connectivity index (χ0n) is 15.0. The number of hydrogen-bond acceptors (Lipinski definition) is 4. The molecule has 0 bridgehead atoms. The summed E-state index contributed by atoms with van der Waals surface area (Å²) < 4.78 is 5.39. The van der Waals surface area contributed by atoms with Crippen LogP contribution >= 0.6 is 11.6 Å². The summed E-state index contributed by atoms with van der Waals surface area (Å²) in [5.74, 6) is 0.337. The first-order chi connectivity index (χ1) is 13.1. The number of benzene rings is 1. The highest BCUT2D eigenvalue weighted by atomic mass is 35.5. The van der Waals surface area contributed by atoms with Gasteiger partial charge in [0.1, 0.15) is 11.8 Å². The van der Waals surface area contributed by atoms with Crippen molar-refractivity contribution in [3.63, 3.8) is 0 Å². The van der Waals surface area contributed by atoms with Gasteiger partial charge in [0.15, 0.2) is 5.69 Å². The molecule has 2 aliphatic rings. The van der Waals surface area contributed by atoms with Gasteiger partial charge < -0.3 is 14.7 Å². The predicted octanol–water partition coefficient (Wildman–Crippen LogP) is 3.52. The van der Waals surface area contributed by atoms with Crippen LogP contribution in [0.15, 0.2) is 28.8 Å². The Labute approximate surface area is 162 Å². The zero-order chi connectivity index (χ0) is 18.8. The molecular formula is C20H22ClN3O3. The number of nitrogens with one attached hydrogen (secondary N) is 1. The van der Waals surface area contributed by atoms with Gasteiger partial charge >= 0.3 is 0 Å². The van der Waals surface area contributed by atoms with Crippen LogP contribution in [-0.4, -0.2) is 29.6 Å². The van der Waals surface area contributed by atoms with E-state index in [1.165, 1.54) is 0 Å². The van der Waals surface area contributed by atoms with Crippen molar-refractivity contribution in [1.82, 2.24) is 10.5 Å². The van der Waals surface area contributed by atoms with Gasteiger partial charge in [0.05, 0.1) is 10.7 Å². The summed E-state index contributed by atoms with van der Waals surface area (Å²) in [5, 5.41) is 7.38. The second kappa shape index (κ2) is 7.72. The lowest BCUT2D eigenvalue weighted by molar-refractivity contribution is -0.121. The molecule has 0 saturated carbocycles. The van der Waals surface area contributed by atoms with E-state index in [9.17, 15) is 9.59 Å². The Morgan fingerprint density at radius 3 is 2.85 bits per heavy atom. The highest BCUT2D eigenvalue weighted by molar-refractivity contribution is 6.33. The maximum atomic E-state index is 12.9. The number of carbonyl (C=O) groups is 2. The SMILES string of the molecule is O=C(NC1CCCN(c2ccccc2Cl)C1=O)c1noc2c1CCCCC2. The van der Waals surface area contributed by atoms with E-state index >= 15 is 0 Å². The van der Waals surface area contributed by atoms with Crippen molar-refractivity contribution < 1.29 is 14.1 Å². The van der Waals surface area contributed by atoms with E-state index < -0.39 is 6.04 Å². The largest absolute Gasteiger partial charge is 0.360 e. The molecule has 0 spiro atoms. The molecule has 4 rings (SSSR count). The van der Waals surface area contributed by atoms with E-state index in [-0.39, 0.29) is 11.8 Å². The van der Waals surface area contributed by atoms with Gasteiger partial charge in [-0.15, -0.1) is 0 Å². The molecule has 1 saturated heterocycles. The van der Waals surface area contributed by atoms with E-state index in [2.05, 4.69) is 10.5 Å². The van der Waals surface area contributed by atoms with Crippen LogP contribution in [0.5, 0.6) is 0 Å². The molecule has 2 aromatic rings. The third-order valence-electron chi connectivity index (χ3n) is 5.30. The van der Waals surface area contributed by atoms with Crippen LogP contribution < -0.4 is 10.2 Å². The number of amides is 2. The molecule has 142 valence electrons. The number of aromatic nitrogens is 1. The average Bonchev–Trinajstić information content (AvgIpc) is 2.93. The Balaban J connectivity index is 1.51. The molecule has 2 heterocycles. The Kier molecular flexibility index (Phi) is 5.16. The summed E-state index contributed by atoms with van der Waals surface area (Å²) in [6.45, 7) is 0.592. The van der Waals surface area contributed by atoms with Crippen LogP contribution in [0, 0.1) is 0 Å². The van der Waals surface area contributed by atoms with Gasteiger partial charge in [-0.3, -0.25) is 9.59 Å². The minimum Gasteiger partial charge on any atom is -0.360 e. The number of aryl methyl sites for hydroxylation is 1. The number of anilines is 1. The standard InChI is InChI=1S/C20H22ClN3O3/c21-14-8-4-5-10-16(14)24-12-6-9-15(20(24)26)22-19(25)18-13-7-2-1-3-11-17(13)27-23-18/h4-5,8,10,15H,1-3,6-7,9,11-12H2,(H,22,25). The summed E-state index contributed by atoms with van der Waals surface area (Å²) in [6, 6.07) is 6.68. The first-order valence-electron chi connectivity index (χ1n) is 9.49. The minimum atomic E-state index is -0.583. The summed E-state index contributed by atoms with van der Waals surface area (Å²) in [7, 11) is 0. The van der Waals surface area contributed by atoms with E-state index in [1.54, 1.807) is 11.0 Å². The Bertz CT molecular complexity index is 864. The lowest BCUT2D eigenvalue weighted by atomic mass is 10.0. The molecule has 6 nitrogen and oxygen atoms in total. The monoisotopic (exact) mass is 387 g/mol. The van der Waals surface area contributed by atoms with Crippen LogP contribution in [0.25, 0.3) is 0 Å². The Hall–Kier alpha value is -2.34. The molecule has 1 fully saturated rings. The third-order valence-corrected chi connectivity index (χ3v) is 5.62. The fourth-order valence-corrected chi connectivity index (χ4v) is 4.12. The first-order valence-corrected chi connectivity index (χ1v) is 9.87. The molecule has 1 unspecified atom stereocenters. The van der Waals surface area contributed by atoms with Gasteiger partial charge in [0.2, 0.25) is 5.91 Å². The summed E-state index contributed by atoms with van der Waals surface area (Å²) >= 11 is 6.25. The second-order valence-electron chi connectivity index (χ2n) is 7.10. The number of halogens is 1. The molecule has 1 N–H and O–H groups in total. The molecule has 1 aliphatic heterocycles. The fourth-order valence-electron chi connectivity index (χ4n) is 3.89. The third kappa shape index (κ3) is 3.58. The normalized spacial score (nSPS) is 20.1. The molecule has 27 heavy (non-hydrogen) atoms. The average molecular weight is 388 g/mol. The number of para-hydroxylation sites is 1. The maximum absolute atomic E-state index is 12.9. The molecule has 1 aromatic carbocycles. The van der Waals surface area contributed by atoms with Gasteiger partial charge in [-0.1, -0.05) is 35.3 Å². The minimum absolute atomic E-state index is 0.141. The number of hydrogen-bond donors (Lipinski definition) is 1. The van der Waals surface area contributed by atoms with Crippen molar-refractivity contribution in [2.45, 2.75) is 51.0 Å². The van der Waals surface area contributed by atoms with Gasteiger partial charge in [-0.05, 0) is 44.2 Å². The topological polar surface area (TPSA) is 75.4 Å². The Morgan fingerprint density at radius 2 is 2.00 bits per heavy atom. The number of rotatable bonds is 3. The van der Waals surface area contributed by atoms with Gasteiger partial charge in [-0.2, -0.15) is 0 Å². The van der Waals surface area contributed by atoms with Gasteiger partial charge in [-0.25, -0.2) is 0 Å². The van der Waals surface area contributed by atoms with E-state index in [1.807, 2.05) is 18.2 Å². The predicted molar refractivity (Wildman–Crippen MR) is 102 cm³/mol. The van der Waals surface area contributed by atoms with Crippen LogP contribution in [0.1, 0.15) is 53.9 Å². The van der Waals surface area contributed by atoms with Crippen molar-refractivity contribution in [2.75, 3.05) is 11.4 Å². The second-order valence-corrected chi connectivity index (χ2v) is 7.51. The molecule has 1 atom stereocenters. The van der Waals surface area contributed by atoms with Crippen LogP contribution in [0.2, 0.25) is 5.02 Å². The quantitative estimate of drug-likeness (QED) is 0.817. The molecule has 1 aliphatic carbocycles. The van der Waals surface area contributed by atoms with E-state index in [0.717, 1.165) is 49.8 Å². The van der Waals surface area contributed by atoms with Crippen molar-refractivity contribution >= 4 is 29.1 Å². The van der Waals surface area contributed by atoms with E-state index in [0.29, 0.717) is 29.4 Å². The number of nitrogens with zero attached hydrogens (tertiary/aromatic N) is 2. The molecule has 2 amide bonds. The summed E-state index contributed by atoms with van der Waals surface area (Å²) in [5.41, 5.74) is 1.91. The van der Waals surface area contributed by atoms with E-state index in [4.69, 9.17) is 16.1 Å². The maximum Gasteiger partial charge on any atom is 0.274 e. The highest BCUT2D eigenvalue weighted by Gasteiger charge is 2.33. The van der Waals surface area contributed by atoms with Gasteiger partial charge in [0, 0.05) is 18.5 Å². The lowest BCUT2D eigenvalue weighted by Crippen LogP contribution is -2.52. The molecule has 0 radical (unpaired) electrons. The molecule has 7 heteroatoms. The lowest BCUT2D eigenvalue weighted by Gasteiger charge is -2.33. The van der Waals surface area contributed by atoms with Crippen LogP contribution in [-0.2, 0) is 17.6 Å². The smallest absolute Gasteiger partial charge is 0.274 e. The molecular weight excluding hydrogens is 366 g/mol. The first kappa shape index (κ1) is 18.0.